The number of thiocarbonyl (C=S) groups is 1. The van der Waals surface area contributed by atoms with Crippen LogP contribution in [0.5, 0.6) is 0 Å². The topological polar surface area (TPSA) is 91.6 Å². The van der Waals surface area contributed by atoms with Crippen LogP contribution < -0.4 is 10.6 Å². The summed E-state index contributed by atoms with van der Waals surface area (Å²) >= 11 is 8.56. The van der Waals surface area contributed by atoms with Crippen LogP contribution in [0, 0.1) is 5.92 Å². The number of carboxylic acids is 1. The van der Waals surface area contributed by atoms with E-state index in [0.717, 1.165) is 4.47 Å². The molecule has 3 N–H and O–H groups in total. The maximum atomic E-state index is 11.8. The van der Waals surface area contributed by atoms with Gasteiger partial charge in [-0.3, -0.25) is 4.79 Å². The fourth-order valence-corrected chi connectivity index (χ4v) is 2.72. The van der Waals surface area contributed by atoms with Crippen LogP contribution in [-0.4, -0.2) is 22.1 Å². The number of carboxylic acid groups (broad SMARTS) is 1. The number of benzene rings is 1. The summed E-state index contributed by atoms with van der Waals surface area (Å²) in [5, 5.41) is 14.7. The van der Waals surface area contributed by atoms with Crippen LogP contribution >= 0.6 is 28.1 Å². The average Bonchev–Trinajstić information content (AvgIpc) is 2.95. The number of anilines is 1. The minimum Gasteiger partial charge on any atom is -0.475 e. The number of carbonyl (C=O) groups is 2. The molecule has 0 unspecified atom stereocenters. The van der Waals surface area contributed by atoms with Crippen molar-refractivity contribution < 1.29 is 19.1 Å². The molecule has 0 radical (unpaired) electrons. The lowest BCUT2D eigenvalue weighted by Crippen LogP contribution is -2.34. The summed E-state index contributed by atoms with van der Waals surface area (Å²) in [4.78, 5) is 22.8. The third kappa shape index (κ3) is 5.40. The van der Waals surface area contributed by atoms with E-state index in [2.05, 4.69) is 26.6 Å². The summed E-state index contributed by atoms with van der Waals surface area (Å²) in [6.45, 7) is 3.89. The van der Waals surface area contributed by atoms with Crippen molar-refractivity contribution in [1.29, 1.82) is 0 Å². The molecule has 0 aliphatic heterocycles. The van der Waals surface area contributed by atoms with Crippen LogP contribution in [0.3, 0.4) is 0 Å². The fourth-order valence-electron chi connectivity index (χ4n) is 2.13. The van der Waals surface area contributed by atoms with E-state index in [1.54, 1.807) is 24.3 Å². The molecule has 132 valence electrons. The Balaban J connectivity index is 2.22. The lowest BCUT2D eigenvalue weighted by Gasteiger charge is -2.13. The Hall–Kier alpha value is -2.19. The van der Waals surface area contributed by atoms with Gasteiger partial charge in [0.15, 0.2) is 5.11 Å². The van der Waals surface area contributed by atoms with Gasteiger partial charge in [0.1, 0.15) is 5.76 Å². The Morgan fingerprint density at radius 2 is 2.00 bits per heavy atom. The first-order valence-corrected chi connectivity index (χ1v) is 8.70. The van der Waals surface area contributed by atoms with Crippen molar-refractivity contribution in [2.45, 2.75) is 20.3 Å². The molecule has 1 aromatic heterocycles. The number of rotatable bonds is 5. The largest absolute Gasteiger partial charge is 0.475 e. The van der Waals surface area contributed by atoms with Crippen molar-refractivity contribution in [1.82, 2.24) is 5.32 Å². The smallest absolute Gasteiger partial charge is 0.371 e. The molecule has 0 aliphatic rings. The van der Waals surface area contributed by atoms with Gasteiger partial charge in [-0.05, 0) is 48.5 Å². The number of halogens is 1. The molecule has 25 heavy (non-hydrogen) atoms. The van der Waals surface area contributed by atoms with Crippen molar-refractivity contribution in [2.75, 3.05) is 5.32 Å². The van der Waals surface area contributed by atoms with Crippen LogP contribution in [0.15, 0.2) is 39.2 Å². The van der Waals surface area contributed by atoms with E-state index >= 15 is 0 Å². The number of hydrogen-bond acceptors (Lipinski definition) is 4. The van der Waals surface area contributed by atoms with Gasteiger partial charge < -0.3 is 20.2 Å². The number of carbonyl (C=O) groups excluding carboxylic acids is 1. The fraction of sp³-hybridized carbons (Fsp3) is 0.235. The second-order valence-electron chi connectivity index (χ2n) is 5.76. The summed E-state index contributed by atoms with van der Waals surface area (Å²) in [6.07, 6.45) is 0.368. The zero-order chi connectivity index (χ0) is 18.6. The molecule has 1 heterocycles. The van der Waals surface area contributed by atoms with Gasteiger partial charge in [0, 0.05) is 16.5 Å². The van der Waals surface area contributed by atoms with Crippen LogP contribution in [-0.2, 0) is 4.79 Å². The van der Waals surface area contributed by atoms with Crippen molar-refractivity contribution >= 4 is 50.8 Å². The van der Waals surface area contributed by atoms with Crippen molar-refractivity contribution in [2.24, 2.45) is 5.92 Å². The highest BCUT2D eigenvalue weighted by Gasteiger charge is 2.15. The van der Waals surface area contributed by atoms with Gasteiger partial charge in [-0.1, -0.05) is 29.8 Å². The van der Waals surface area contributed by atoms with Crippen LogP contribution in [0.4, 0.5) is 5.69 Å². The number of hydrogen-bond donors (Lipinski definition) is 3. The van der Waals surface area contributed by atoms with Crippen molar-refractivity contribution in [3.05, 3.63) is 40.6 Å². The molecule has 0 fully saturated rings. The number of aromatic carboxylic acids is 1. The zero-order valence-corrected chi connectivity index (χ0v) is 16.0. The van der Waals surface area contributed by atoms with Crippen LogP contribution in [0.2, 0.25) is 0 Å². The Labute approximate surface area is 158 Å². The molecule has 8 heteroatoms. The summed E-state index contributed by atoms with van der Waals surface area (Å²) < 4.78 is 6.13. The molecule has 0 spiro atoms. The number of amides is 1. The maximum Gasteiger partial charge on any atom is 0.371 e. The first kappa shape index (κ1) is 19.1. The quantitative estimate of drug-likeness (QED) is 0.620. The molecule has 0 atom stereocenters. The molecular weight excluding hydrogens is 408 g/mol. The van der Waals surface area contributed by atoms with Gasteiger partial charge >= 0.3 is 5.97 Å². The second kappa shape index (κ2) is 8.26. The number of nitrogens with one attached hydrogen (secondary N) is 2. The molecule has 0 bridgehead atoms. The predicted octanol–water partition coefficient (Wildman–Crippen LogP) is 4.27. The van der Waals surface area contributed by atoms with E-state index in [1.165, 1.54) is 6.07 Å². The van der Waals surface area contributed by atoms with Crippen molar-refractivity contribution in [3.8, 4) is 11.3 Å². The molecule has 1 aromatic carbocycles. The van der Waals surface area contributed by atoms with E-state index in [-0.39, 0.29) is 22.7 Å². The molecule has 2 rings (SSSR count). The summed E-state index contributed by atoms with van der Waals surface area (Å²) in [7, 11) is 0. The summed E-state index contributed by atoms with van der Waals surface area (Å²) in [5.74, 6) is -0.869. The highest BCUT2D eigenvalue weighted by Crippen LogP contribution is 2.32. The minimum absolute atomic E-state index is 0.156. The number of furan rings is 1. The van der Waals surface area contributed by atoms with Gasteiger partial charge in [0.05, 0.1) is 5.69 Å². The van der Waals surface area contributed by atoms with Gasteiger partial charge in [-0.2, -0.15) is 0 Å². The molecule has 6 nitrogen and oxygen atoms in total. The van der Waals surface area contributed by atoms with E-state index in [9.17, 15) is 9.59 Å². The Morgan fingerprint density at radius 1 is 1.28 bits per heavy atom. The van der Waals surface area contributed by atoms with Crippen molar-refractivity contribution in [3.63, 3.8) is 0 Å². The van der Waals surface area contributed by atoms with Gasteiger partial charge in [-0.15, -0.1) is 0 Å². The Bertz CT molecular complexity index is 817. The molecule has 0 saturated heterocycles. The first-order chi connectivity index (χ1) is 11.8. The minimum atomic E-state index is -1.14. The van der Waals surface area contributed by atoms with Gasteiger partial charge in [-0.25, -0.2) is 4.79 Å². The van der Waals surface area contributed by atoms with E-state index in [0.29, 0.717) is 23.4 Å². The maximum absolute atomic E-state index is 11.8. The van der Waals surface area contributed by atoms with Crippen LogP contribution in [0.1, 0.15) is 30.8 Å². The van der Waals surface area contributed by atoms with E-state index in [1.807, 2.05) is 13.8 Å². The molecule has 0 aliphatic carbocycles. The lowest BCUT2D eigenvalue weighted by atomic mass is 10.1. The van der Waals surface area contributed by atoms with Crippen LogP contribution in [0.25, 0.3) is 11.3 Å². The van der Waals surface area contributed by atoms with E-state index in [4.69, 9.17) is 21.7 Å². The van der Waals surface area contributed by atoms with Gasteiger partial charge in [0.2, 0.25) is 11.7 Å². The monoisotopic (exact) mass is 424 g/mol. The Kier molecular flexibility index (Phi) is 6.33. The highest BCUT2D eigenvalue weighted by molar-refractivity contribution is 9.10. The molecule has 2 aromatic rings. The highest BCUT2D eigenvalue weighted by atomic mass is 79.9. The van der Waals surface area contributed by atoms with E-state index < -0.39 is 5.97 Å². The lowest BCUT2D eigenvalue weighted by molar-refractivity contribution is -0.120. The predicted molar refractivity (Wildman–Crippen MR) is 103 cm³/mol. The Morgan fingerprint density at radius 3 is 2.60 bits per heavy atom. The second-order valence-corrected chi connectivity index (χ2v) is 7.08. The standard InChI is InChI=1S/C17H17BrN2O4S/c1-9(2)7-15(21)20-17(25)19-12-8-10(18)3-4-11(12)13-5-6-14(24-13)16(22)23/h3-6,8-9H,7H2,1-2H3,(H,22,23)(H2,19,20,21,25). The third-order valence-corrected chi connectivity index (χ3v) is 3.86. The van der Waals surface area contributed by atoms with Gasteiger partial charge in [0.25, 0.3) is 0 Å². The average molecular weight is 425 g/mol. The SMILES string of the molecule is CC(C)CC(=O)NC(=S)Nc1cc(Br)ccc1-c1ccc(C(=O)O)o1. The normalized spacial score (nSPS) is 10.6. The molecular formula is C17H17BrN2O4S. The molecule has 0 saturated carbocycles. The summed E-state index contributed by atoms with van der Waals surface area (Å²) in [5.41, 5.74) is 1.20. The summed E-state index contributed by atoms with van der Waals surface area (Å²) in [6, 6.07) is 8.27. The first-order valence-electron chi connectivity index (χ1n) is 7.50. The molecule has 1 amide bonds. The zero-order valence-electron chi connectivity index (χ0n) is 13.6. The third-order valence-electron chi connectivity index (χ3n) is 3.16.